The molecule has 3 aromatic heterocycles. The number of carbonyl (C=O) groups excluding carboxylic acids is 1. The van der Waals surface area contributed by atoms with Crippen molar-refractivity contribution in [3.05, 3.63) is 34.5 Å². The van der Waals surface area contributed by atoms with E-state index in [1.165, 1.54) is 23.5 Å². The van der Waals surface area contributed by atoms with Crippen LogP contribution in [0.3, 0.4) is 0 Å². The second-order valence-electron chi connectivity index (χ2n) is 8.91. The number of carbonyl (C=O) groups is 1. The molecule has 224 valence electrons. The largest absolute Gasteiger partial charge is 0.469 e. The molecular weight excluding hydrogens is 611 g/mol. The Hall–Kier alpha value is -4.03. The molecule has 3 N–H and O–H groups in total. The van der Waals surface area contributed by atoms with Gasteiger partial charge in [-0.25, -0.2) is 26.8 Å². The Bertz CT molecular complexity index is 1720. The summed E-state index contributed by atoms with van der Waals surface area (Å²) in [5.74, 6) is -0.620. The third-order valence-electron chi connectivity index (χ3n) is 5.90. The van der Waals surface area contributed by atoms with Crippen LogP contribution in [0, 0.1) is 18.3 Å². The first-order valence-electron chi connectivity index (χ1n) is 12.3. The van der Waals surface area contributed by atoms with Gasteiger partial charge in [-0.3, -0.25) is 9.10 Å². The summed E-state index contributed by atoms with van der Waals surface area (Å²) in [5.41, 5.74) is 6.29. The highest BCUT2D eigenvalue weighted by Crippen LogP contribution is 2.32. The van der Waals surface area contributed by atoms with Crippen LogP contribution in [0.25, 0.3) is 0 Å². The maximum absolute atomic E-state index is 13.2. The number of nitrogens with zero attached hydrogens (tertiary/aromatic N) is 9. The Balaban J connectivity index is 1.45. The molecule has 0 bridgehead atoms. The number of aryl methyl sites for hydroxylation is 1. The van der Waals surface area contributed by atoms with Crippen molar-refractivity contribution < 1.29 is 26.4 Å². The molecule has 0 saturated carbocycles. The lowest BCUT2D eigenvalue weighted by Gasteiger charge is -2.33. The second-order valence-corrected chi connectivity index (χ2v) is 13.8. The van der Waals surface area contributed by atoms with Crippen LogP contribution in [0.15, 0.2) is 23.2 Å². The molecule has 0 radical (unpaired) electrons. The fourth-order valence-electron chi connectivity index (χ4n) is 3.73. The molecule has 1 saturated heterocycles. The number of anilines is 3. The van der Waals surface area contributed by atoms with Gasteiger partial charge < -0.3 is 20.7 Å². The summed E-state index contributed by atoms with van der Waals surface area (Å²) in [7, 11) is -6.52. The molecule has 1 aliphatic heterocycles. The molecule has 1 amide bonds. The van der Waals surface area contributed by atoms with Crippen LogP contribution in [0.2, 0.25) is 0 Å². The molecule has 0 aromatic carbocycles. The van der Waals surface area contributed by atoms with Gasteiger partial charge in [-0.1, -0.05) is 11.3 Å². The van der Waals surface area contributed by atoms with Gasteiger partial charge in [0, 0.05) is 45.5 Å². The Morgan fingerprint density at radius 2 is 1.88 bits per heavy atom. The van der Waals surface area contributed by atoms with Crippen LogP contribution in [-0.2, 0) is 20.0 Å². The van der Waals surface area contributed by atoms with E-state index in [9.17, 15) is 21.6 Å². The minimum atomic E-state index is -4.01. The van der Waals surface area contributed by atoms with E-state index in [-0.39, 0.29) is 58.7 Å². The molecule has 1 fully saturated rings. The van der Waals surface area contributed by atoms with Gasteiger partial charge >= 0.3 is 0 Å². The van der Waals surface area contributed by atoms with E-state index in [1.807, 2.05) is 6.07 Å². The fraction of sp³-hybridized carbons (Fsp3) is 0.409. The molecule has 17 nitrogen and oxygen atoms in total. The molecule has 0 atom stereocenters. The van der Waals surface area contributed by atoms with Gasteiger partial charge in [0.05, 0.1) is 6.26 Å². The van der Waals surface area contributed by atoms with Crippen molar-refractivity contribution in [2.75, 3.05) is 67.2 Å². The Morgan fingerprint density at radius 3 is 2.48 bits per heavy atom. The molecule has 0 aliphatic carbocycles. The summed E-state index contributed by atoms with van der Waals surface area (Å²) in [5, 5.41) is 19.0. The van der Waals surface area contributed by atoms with E-state index in [4.69, 9.17) is 15.7 Å². The van der Waals surface area contributed by atoms with Gasteiger partial charge in [0.2, 0.25) is 16.0 Å². The van der Waals surface area contributed by atoms with Crippen LogP contribution in [0.4, 0.5) is 17.6 Å². The summed E-state index contributed by atoms with van der Waals surface area (Å²) in [6.07, 6.45) is 0.958. The summed E-state index contributed by atoms with van der Waals surface area (Å²) < 4.78 is 58.0. The van der Waals surface area contributed by atoms with Crippen LogP contribution in [0.5, 0.6) is 5.19 Å². The quantitative estimate of drug-likeness (QED) is 0.283. The topological polar surface area (TPSA) is 231 Å². The van der Waals surface area contributed by atoms with E-state index < -0.39 is 26.0 Å². The van der Waals surface area contributed by atoms with Gasteiger partial charge in [-0.15, -0.1) is 10.2 Å². The van der Waals surface area contributed by atoms with E-state index in [0.29, 0.717) is 24.7 Å². The van der Waals surface area contributed by atoms with Crippen LogP contribution >= 0.6 is 11.3 Å². The summed E-state index contributed by atoms with van der Waals surface area (Å²) in [6.45, 7) is 2.88. The smallest absolute Gasteiger partial charge is 0.276 e. The molecule has 20 heteroatoms. The van der Waals surface area contributed by atoms with Crippen LogP contribution in [0.1, 0.15) is 21.1 Å². The van der Waals surface area contributed by atoms with E-state index in [1.54, 1.807) is 17.9 Å². The van der Waals surface area contributed by atoms with Gasteiger partial charge in [0.25, 0.3) is 21.1 Å². The minimum absolute atomic E-state index is 0.0446. The predicted molar refractivity (Wildman–Crippen MR) is 152 cm³/mol. The van der Waals surface area contributed by atoms with Crippen LogP contribution < -0.4 is 25.0 Å². The Morgan fingerprint density at radius 1 is 1.17 bits per heavy atom. The molecule has 1 aliphatic rings. The van der Waals surface area contributed by atoms with Gasteiger partial charge in [-0.05, 0) is 25.1 Å². The van der Waals surface area contributed by atoms with Crippen molar-refractivity contribution in [1.29, 1.82) is 5.26 Å². The number of hydrogen-bond acceptors (Lipinski definition) is 15. The number of nitrogens with one attached hydrogen (secondary N) is 1. The zero-order valence-electron chi connectivity index (χ0n) is 22.8. The summed E-state index contributed by atoms with van der Waals surface area (Å²) in [4.78, 5) is 27.4. The number of aromatic nitrogens is 5. The van der Waals surface area contributed by atoms with Gasteiger partial charge in [-0.2, -0.15) is 14.6 Å². The first-order chi connectivity index (χ1) is 19.8. The highest BCUT2D eigenvalue weighted by Gasteiger charge is 2.31. The average molecular weight is 638 g/mol. The number of hydrogen-bond donors (Lipinski definition) is 2. The van der Waals surface area contributed by atoms with E-state index in [0.717, 1.165) is 21.9 Å². The number of rotatable bonds is 10. The number of sulfonamides is 2. The van der Waals surface area contributed by atoms with Crippen molar-refractivity contribution in [2.45, 2.75) is 11.9 Å². The normalized spacial score (nSPS) is 14.3. The van der Waals surface area contributed by atoms with Crippen molar-refractivity contribution in [3.8, 4) is 11.3 Å². The maximum Gasteiger partial charge on any atom is 0.276 e. The van der Waals surface area contributed by atoms with E-state index >= 15 is 0 Å². The number of nitriles is 1. The monoisotopic (exact) mass is 637 g/mol. The zero-order chi connectivity index (χ0) is 30.7. The summed E-state index contributed by atoms with van der Waals surface area (Å²) >= 11 is 0.812. The van der Waals surface area contributed by atoms with E-state index in [2.05, 4.69) is 30.5 Å². The van der Waals surface area contributed by atoms with Crippen molar-refractivity contribution in [2.24, 2.45) is 5.73 Å². The Labute approximate surface area is 246 Å². The molecule has 0 spiro atoms. The molecule has 4 rings (SSSR count). The van der Waals surface area contributed by atoms with Crippen molar-refractivity contribution in [3.63, 3.8) is 0 Å². The third kappa shape index (κ3) is 6.88. The SMILES string of the molecule is Cc1cc(C#N)nc(N2CCN(S(=O)(=O)c3ccc(NC(=O)c4sc(OCCN)nc4N(C)S(C)(=O)=O)nn3)CC2)n1. The minimum Gasteiger partial charge on any atom is -0.469 e. The number of ether oxygens (including phenoxy) is 1. The van der Waals surface area contributed by atoms with Crippen molar-refractivity contribution >= 4 is 54.9 Å². The second kappa shape index (κ2) is 12.5. The molecule has 4 heterocycles. The Kier molecular flexibility index (Phi) is 9.17. The summed E-state index contributed by atoms with van der Waals surface area (Å²) in [6, 6.07) is 6.03. The molecule has 3 aromatic rings. The van der Waals surface area contributed by atoms with Crippen LogP contribution in [-0.4, -0.2) is 105 Å². The number of thiazole rings is 1. The predicted octanol–water partition coefficient (Wildman–Crippen LogP) is -0.600. The molecule has 0 unspecified atom stereocenters. The number of piperazine rings is 1. The maximum atomic E-state index is 13.2. The molecular formula is C22H27N11O6S3. The van der Waals surface area contributed by atoms with Gasteiger partial charge in [0.1, 0.15) is 23.2 Å². The number of nitrogens with two attached hydrogens (primary N) is 1. The lowest BCUT2D eigenvalue weighted by atomic mass is 10.3. The standard InChI is InChI=1S/C22H27N11O6S3/c1-14-12-15(13-24)26-21(25-14)32-7-9-33(10-8-32)42(37,38)17-5-4-16(29-30-17)27-20(34)18-19(31(2)41(3,35)36)28-22(40-18)39-11-6-23/h4-5,12H,6-11,23H2,1-3H3,(H,27,29,34). The number of amides is 1. The zero-order valence-corrected chi connectivity index (χ0v) is 25.2. The first kappa shape index (κ1) is 30.9. The molecule has 42 heavy (non-hydrogen) atoms. The highest BCUT2D eigenvalue weighted by atomic mass is 32.2. The lowest BCUT2D eigenvalue weighted by Crippen LogP contribution is -2.49. The fourth-order valence-corrected chi connectivity index (χ4v) is 6.39. The highest BCUT2D eigenvalue weighted by molar-refractivity contribution is 7.92. The first-order valence-corrected chi connectivity index (χ1v) is 16.4. The lowest BCUT2D eigenvalue weighted by molar-refractivity contribution is 0.103. The van der Waals surface area contributed by atoms with Crippen molar-refractivity contribution in [1.82, 2.24) is 29.5 Å². The third-order valence-corrected chi connectivity index (χ3v) is 9.81. The van der Waals surface area contributed by atoms with Gasteiger partial charge in [0.15, 0.2) is 16.7 Å². The average Bonchev–Trinajstić information content (AvgIpc) is 3.39.